The molecule has 0 spiro atoms. The minimum Gasteiger partial charge on any atom is -0.314 e. The second-order valence-corrected chi connectivity index (χ2v) is 6.26. The standard InChI is InChI=1S/C13H21NS/c1-4-14-11-7-8-13(3,9-11)12-6-5-10(2)15-12/h5-6,11,14H,4,7-9H2,1-3H3. The van der Waals surface area contributed by atoms with Crippen molar-refractivity contribution in [1.29, 1.82) is 0 Å². The largest absolute Gasteiger partial charge is 0.314 e. The summed E-state index contributed by atoms with van der Waals surface area (Å²) in [6.45, 7) is 7.93. The zero-order valence-corrected chi connectivity index (χ0v) is 10.8. The molecule has 1 aromatic rings. The first-order valence-electron chi connectivity index (χ1n) is 5.94. The van der Waals surface area contributed by atoms with Crippen LogP contribution in [0.1, 0.15) is 42.9 Å². The van der Waals surface area contributed by atoms with Crippen molar-refractivity contribution in [3.63, 3.8) is 0 Å². The number of rotatable bonds is 3. The zero-order valence-electron chi connectivity index (χ0n) is 9.97. The van der Waals surface area contributed by atoms with Gasteiger partial charge in [0.05, 0.1) is 0 Å². The fraction of sp³-hybridized carbons (Fsp3) is 0.692. The van der Waals surface area contributed by atoms with Gasteiger partial charge in [0.2, 0.25) is 0 Å². The number of hydrogen-bond donors (Lipinski definition) is 1. The van der Waals surface area contributed by atoms with Crippen LogP contribution < -0.4 is 5.32 Å². The molecule has 0 amide bonds. The average molecular weight is 223 g/mol. The highest BCUT2D eigenvalue weighted by atomic mass is 32.1. The van der Waals surface area contributed by atoms with Gasteiger partial charge in [0.25, 0.3) is 0 Å². The molecule has 2 atom stereocenters. The molecule has 0 aliphatic heterocycles. The lowest BCUT2D eigenvalue weighted by atomic mass is 9.87. The summed E-state index contributed by atoms with van der Waals surface area (Å²) in [7, 11) is 0. The van der Waals surface area contributed by atoms with E-state index in [0.717, 1.165) is 12.6 Å². The molecule has 1 fully saturated rings. The van der Waals surface area contributed by atoms with Gasteiger partial charge in [0, 0.05) is 21.2 Å². The van der Waals surface area contributed by atoms with E-state index in [9.17, 15) is 0 Å². The van der Waals surface area contributed by atoms with Crippen LogP contribution in [0.25, 0.3) is 0 Å². The molecule has 84 valence electrons. The van der Waals surface area contributed by atoms with Gasteiger partial charge >= 0.3 is 0 Å². The SMILES string of the molecule is CCNC1CCC(C)(c2ccc(C)s2)C1. The quantitative estimate of drug-likeness (QED) is 0.827. The number of thiophene rings is 1. The van der Waals surface area contributed by atoms with Crippen molar-refractivity contribution in [3.05, 3.63) is 21.9 Å². The van der Waals surface area contributed by atoms with Gasteiger partial charge in [-0.05, 0) is 44.9 Å². The monoisotopic (exact) mass is 223 g/mol. The van der Waals surface area contributed by atoms with E-state index in [4.69, 9.17) is 0 Å². The molecule has 2 heteroatoms. The predicted molar refractivity (Wildman–Crippen MR) is 67.7 cm³/mol. The summed E-state index contributed by atoms with van der Waals surface area (Å²) in [5.74, 6) is 0. The Hall–Kier alpha value is -0.340. The van der Waals surface area contributed by atoms with Crippen LogP contribution in [0.15, 0.2) is 12.1 Å². The van der Waals surface area contributed by atoms with Gasteiger partial charge in [-0.1, -0.05) is 13.8 Å². The minimum atomic E-state index is 0.436. The molecule has 15 heavy (non-hydrogen) atoms. The zero-order chi connectivity index (χ0) is 10.9. The maximum absolute atomic E-state index is 3.58. The molecular weight excluding hydrogens is 202 g/mol. The van der Waals surface area contributed by atoms with Crippen molar-refractivity contribution in [2.24, 2.45) is 0 Å². The fourth-order valence-corrected chi connectivity index (χ4v) is 3.74. The molecule has 1 aromatic heterocycles. The van der Waals surface area contributed by atoms with Crippen molar-refractivity contribution < 1.29 is 0 Å². The highest BCUT2D eigenvalue weighted by Crippen LogP contribution is 2.43. The van der Waals surface area contributed by atoms with Crippen molar-refractivity contribution in [2.75, 3.05) is 6.54 Å². The molecule has 0 bridgehead atoms. The van der Waals surface area contributed by atoms with Gasteiger partial charge < -0.3 is 5.32 Å². The summed E-state index contributed by atoms with van der Waals surface area (Å²) in [6, 6.07) is 5.32. The molecule has 0 aromatic carbocycles. The van der Waals surface area contributed by atoms with E-state index in [2.05, 4.69) is 38.2 Å². The van der Waals surface area contributed by atoms with E-state index in [-0.39, 0.29) is 0 Å². The average Bonchev–Trinajstić information content (AvgIpc) is 2.75. The highest BCUT2D eigenvalue weighted by molar-refractivity contribution is 7.12. The molecule has 0 saturated heterocycles. The van der Waals surface area contributed by atoms with Gasteiger partial charge in [-0.15, -0.1) is 11.3 Å². The summed E-state index contributed by atoms with van der Waals surface area (Å²) in [5.41, 5.74) is 0.436. The van der Waals surface area contributed by atoms with Crippen molar-refractivity contribution in [2.45, 2.75) is 51.5 Å². The van der Waals surface area contributed by atoms with Gasteiger partial charge in [0.1, 0.15) is 0 Å². The second-order valence-electron chi connectivity index (χ2n) is 4.97. The molecule has 1 saturated carbocycles. The lowest BCUT2D eigenvalue weighted by molar-refractivity contribution is 0.465. The van der Waals surface area contributed by atoms with Crippen molar-refractivity contribution in [3.8, 4) is 0 Å². The lowest BCUT2D eigenvalue weighted by Crippen LogP contribution is -2.28. The minimum absolute atomic E-state index is 0.436. The van der Waals surface area contributed by atoms with Gasteiger partial charge in [-0.3, -0.25) is 0 Å². The number of nitrogens with one attached hydrogen (secondary N) is 1. The Morgan fingerprint density at radius 3 is 2.93 bits per heavy atom. The van der Waals surface area contributed by atoms with Crippen molar-refractivity contribution in [1.82, 2.24) is 5.32 Å². The van der Waals surface area contributed by atoms with E-state index in [0.29, 0.717) is 5.41 Å². The Morgan fingerprint density at radius 1 is 1.53 bits per heavy atom. The summed E-state index contributed by atoms with van der Waals surface area (Å²) >= 11 is 1.98. The van der Waals surface area contributed by atoms with Crippen LogP contribution in [-0.2, 0) is 5.41 Å². The van der Waals surface area contributed by atoms with Gasteiger partial charge in [-0.25, -0.2) is 0 Å². The maximum Gasteiger partial charge on any atom is 0.0108 e. The van der Waals surface area contributed by atoms with Crippen LogP contribution in [-0.4, -0.2) is 12.6 Å². The predicted octanol–water partition coefficient (Wildman–Crippen LogP) is 3.48. The molecular formula is C13H21NS. The summed E-state index contributed by atoms with van der Waals surface area (Å²) in [4.78, 5) is 3.03. The molecule has 2 unspecified atom stereocenters. The Kier molecular flexibility index (Phi) is 3.17. The van der Waals surface area contributed by atoms with Crippen LogP contribution in [0.3, 0.4) is 0 Å². The third-order valence-corrected chi connectivity index (χ3v) is 4.88. The second kappa shape index (κ2) is 4.26. The van der Waals surface area contributed by atoms with Crippen molar-refractivity contribution >= 4 is 11.3 Å². The molecule has 1 aliphatic carbocycles. The third kappa shape index (κ3) is 2.26. The topological polar surface area (TPSA) is 12.0 Å². The highest BCUT2D eigenvalue weighted by Gasteiger charge is 2.36. The smallest absolute Gasteiger partial charge is 0.0108 e. The van der Waals surface area contributed by atoms with E-state index in [1.807, 2.05) is 11.3 Å². The lowest BCUT2D eigenvalue weighted by Gasteiger charge is -2.22. The van der Waals surface area contributed by atoms with E-state index < -0.39 is 0 Å². The Morgan fingerprint density at radius 2 is 2.33 bits per heavy atom. The first-order valence-corrected chi connectivity index (χ1v) is 6.76. The Labute approximate surface area is 96.9 Å². The van der Waals surface area contributed by atoms with Crippen LogP contribution in [0.4, 0.5) is 0 Å². The summed E-state index contributed by atoms with van der Waals surface area (Å²) in [5, 5.41) is 3.58. The van der Waals surface area contributed by atoms with Crippen LogP contribution in [0.5, 0.6) is 0 Å². The van der Waals surface area contributed by atoms with Crippen LogP contribution >= 0.6 is 11.3 Å². The van der Waals surface area contributed by atoms with E-state index in [1.54, 1.807) is 4.88 Å². The summed E-state index contributed by atoms with van der Waals surface area (Å²) < 4.78 is 0. The van der Waals surface area contributed by atoms with Gasteiger partial charge in [-0.2, -0.15) is 0 Å². The molecule has 1 N–H and O–H groups in total. The maximum atomic E-state index is 3.58. The third-order valence-electron chi connectivity index (χ3n) is 3.57. The number of hydrogen-bond acceptors (Lipinski definition) is 2. The van der Waals surface area contributed by atoms with E-state index >= 15 is 0 Å². The summed E-state index contributed by atoms with van der Waals surface area (Å²) in [6.07, 6.45) is 3.98. The molecule has 0 radical (unpaired) electrons. The number of aryl methyl sites for hydroxylation is 1. The fourth-order valence-electron chi connectivity index (χ4n) is 2.69. The molecule has 1 aliphatic rings. The van der Waals surface area contributed by atoms with Crippen LogP contribution in [0, 0.1) is 6.92 Å². The van der Waals surface area contributed by atoms with Crippen LogP contribution in [0.2, 0.25) is 0 Å². The molecule has 1 nitrogen and oxygen atoms in total. The Bertz CT molecular complexity index is 331. The first-order chi connectivity index (χ1) is 7.14. The first kappa shape index (κ1) is 11.2. The molecule has 1 heterocycles. The Balaban J connectivity index is 2.09. The molecule has 2 rings (SSSR count). The normalized spacial score (nSPS) is 31.0. The van der Waals surface area contributed by atoms with E-state index in [1.165, 1.54) is 24.1 Å². The van der Waals surface area contributed by atoms with Gasteiger partial charge in [0.15, 0.2) is 0 Å².